The van der Waals surface area contributed by atoms with Gasteiger partial charge in [-0.3, -0.25) is 20.2 Å². The molecule has 0 aromatic heterocycles. The molecule has 144 valence electrons. The Morgan fingerprint density at radius 1 is 1.04 bits per heavy atom. The van der Waals surface area contributed by atoms with Gasteiger partial charge in [0.2, 0.25) is 0 Å². The molecule has 0 bridgehead atoms. The van der Waals surface area contributed by atoms with Gasteiger partial charge < -0.3 is 10.1 Å². The van der Waals surface area contributed by atoms with Crippen LogP contribution in [0.25, 0.3) is 0 Å². The van der Waals surface area contributed by atoms with Crippen LogP contribution >= 0.6 is 0 Å². The summed E-state index contributed by atoms with van der Waals surface area (Å²) in [6, 6.07) is 14.5. The second-order valence-corrected chi connectivity index (χ2v) is 5.49. The van der Waals surface area contributed by atoms with E-state index in [0.717, 1.165) is 6.21 Å². The summed E-state index contributed by atoms with van der Waals surface area (Å²) in [6.45, 7) is -2.90. The SMILES string of the molecule is N=CCC(=Nc1ccccc1)C(=N)C(=O)CC=Nc1ccc(OC(F)F)cc1. The summed E-state index contributed by atoms with van der Waals surface area (Å²) in [6.07, 6.45) is 2.37. The summed E-state index contributed by atoms with van der Waals surface area (Å²) >= 11 is 0. The van der Waals surface area contributed by atoms with E-state index in [1.54, 1.807) is 24.3 Å². The van der Waals surface area contributed by atoms with Crippen molar-refractivity contribution < 1.29 is 18.3 Å². The molecule has 0 atom stereocenters. The molecule has 6 nitrogen and oxygen atoms in total. The van der Waals surface area contributed by atoms with Gasteiger partial charge in [0.05, 0.1) is 17.1 Å². The van der Waals surface area contributed by atoms with E-state index in [1.165, 1.54) is 30.5 Å². The first-order valence-electron chi connectivity index (χ1n) is 8.30. The van der Waals surface area contributed by atoms with Crippen molar-refractivity contribution in [1.29, 1.82) is 10.8 Å². The van der Waals surface area contributed by atoms with Gasteiger partial charge >= 0.3 is 6.61 Å². The Bertz CT molecular complexity index is 879. The van der Waals surface area contributed by atoms with Gasteiger partial charge in [-0.1, -0.05) is 18.2 Å². The number of Topliss-reactive ketones (excluding diaryl/α,β-unsaturated/α-hetero) is 1. The van der Waals surface area contributed by atoms with Gasteiger partial charge in [-0.05, 0) is 36.4 Å². The Labute approximate surface area is 160 Å². The number of alkyl halides is 2. The molecule has 0 unspecified atom stereocenters. The number of nitrogens with zero attached hydrogens (tertiary/aromatic N) is 2. The Kier molecular flexibility index (Phi) is 7.83. The molecule has 0 saturated carbocycles. The number of ketones is 1. The number of hydrogen-bond donors (Lipinski definition) is 2. The zero-order chi connectivity index (χ0) is 20.4. The van der Waals surface area contributed by atoms with Crippen LogP contribution in [0.5, 0.6) is 5.75 Å². The van der Waals surface area contributed by atoms with Crippen molar-refractivity contribution >= 4 is 41.0 Å². The molecular formula is C20H18F2N4O2. The maximum atomic E-state index is 12.2. The molecule has 0 saturated heterocycles. The molecule has 28 heavy (non-hydrogen) atoms. The average Bonchev–Trinajstić information content (AvgIpc) is 2.68. The van der Waals surface area contributed by atoms with Crippen LogP contribution in [-0.2, 0) is 4.79 Å². The zero-order valence-electron chi connectivity index (χ0n) is 14.8. The van der Waals surface area contributed by atoms with E-state index in [2.05, 4.69) is 14.7 Å². The summed E-state index contributed by atoms with van der Waals surface area (Å²) in [4.78, 5) is 20.6. The van der Waals surface area contributed by atoms with E-state index in [1.807, 2.05) is 6.07 Å². The summed E-state index contributed by atoms with van der Waals surface area (Å²) in [5.41, 5.74) is 0.975. The molecule has 0 spiro atoms. The number of rotatable bonds is 10. The van der Waals surface area contributed by atoms with Gasteiger partial charge in [-0.2, -0.15) is 8.78 Å². The molecule has 0 heterocycles. The number of carbonyl (C=O) groups excluding carboxylic acids is 1. The molecule has 0 aliphatic carbocycles. The molecule has 0 amide bonds. The summed E-state index contributed by atoms with van der Waals surface area (Å²) in [7, 11) is 0. The fourth-order valence-corrected chi connectivity index (χ4v) is 2.17. The molecule has 2 rings (SSSR count). The monoisotopic (exact) mass is 384 g/mol. The summed E-state index contributed by atoms with van der Waals surface area (Å²) in [5.74, 6) is -0.474. The van der Waals surface area contributed by atoms with E-state index >= 15 is 0 Å². The van der Waals surface area contributed by atoms with E-state index in [-0.39, 0.29) is 30.0 Å². The minimum Gasteiger partial charge on any atom is -0.435 e. The number of carbonyl (C=O) groups is 1. The van der Waals surface area contributed by atoms with Gasteiger partial charge in [0.1, 0.15) is 11.5 Å². The van der Waals surface area contributed by atoms with E-state index in [4.69, 9.17) is 10.8 Å². The van der Waals surface area contributed by atoms with Crippen molar-refractivity contribution in [3.63, 3.8) is 0 Å². The van der Waals surface area contributed by atoms with Crippen LogP contribution in [0.2, 0.25) is 0 Å². The Morgan fingerprint density at radius 3 is 2.32 bits per heavy atom. The van der Waals surface area contributed by atoms with Gasteiger partial charge in [-0.15, -0.1) is 0 Å². The molecule has 2 N–H and O–H groups in total. The normalized spacial score (nSPS) is 11.6. The van der Waals surface area contributed by atoms with Gasteiger partial charge in [0.15, 0.2) is 5.78 Å². The number of ether oxygens (including phenoxy) is 1. The van der Waals surface area contributed by atoms with Crippen LogP contribution in [0.3, 0.4) is 0 Å². The average molecular weight is 384 g/mol. The van der Waals surface area contributed by atoms with Crippen LogP contribution in [0.4, 0.5) is 20.2 Å². The third kappa shape index (κ3) is 6.64. The highest BCUT2D eigenvalue weighted by molar-refractivity contribution is 6.68. The quantitative estimate of drug-likeness (QED) is 0.576. The molecular weight excluding hydrogens is 366 g/mol. The van der Waals surface area contributed by atoms with Crippen LogP contribution < -0.4 is 4.74 Å². The van der Waals surface area contributed by atoms with Gasteiger partial charge in [0.25, 0.3) is 0 Å². The topological polar surface area (TPSA) is 98.7 Å². The van der Waals surface area contributed by atoms with Gasteiger partial charge in [-0.25, -0.2) is 0 Å². The lowest BCUT2D eigenvalue weighted by atomic mass is 10.1. The number of hydrogen-bond acceptors (Lipinski definition) is 6. The Hall–Kier alpha value is -3.55. The third-order valence-corrected chi connectivity index (χ3v) is 3.46. The maximum absolute atomic E-state index is 12.2. The second kappa shape index (κ2) is 10.6. The van der Waals surface area contributed by atoms with Crippen molar-refractivity contribution in [1.82, 2.24) is 0 Å². The van der Waals surface area contributed by atoms with Crippen LogP contribution in [-0.4, -0.2) is 36.2 Å². The van der Waals surface area contributed by atoms with Crippen molar-refractivity contribution in [2.75, 3.05) is 0 Å². The number of aliphatic imine (C=N–C) groups is 2. The van der Waals surface area contributed by atoms with Crippen molar-refractivity contribution in [3.8, 4) is 5.75 Å². The van der Waals surface area contributed by atoms with Crippen molar-refractivity contribution in [2.45, 2.75) is 19.5 Å². The first-order chi connectivity index (χ1) is 13.5. The predicted octanol–water partition coefficient (Wildman–Crippen LogP) is 4.78. The first kappa shape index (κ1) is 20.8. The Balaban J connectivity index is 2.00. The molecule has 0 radical (unpaired) electrons. The molecule has 0 aliphatic heterocycles. The van der Waals surface area contributed by atoms with Crippen molar-refractivity contribution in [3.05, 3.63) is 54.6 Å². The van der Waals surface area contributed by atoms with Crippen LogP contribution in [0, 0.1) is 10.8 Å². The maximum Gasteiger partial charge on any atom is 0.387 e. The minimum absolute atomic E-state index is 0.0141. The summed E-state index contributed by atoms with van der Waals surface area (Å²) < 4.78 is 28.5. The largest absolute Gasteiger partial charge is 0.435 e. The smallest absolute Gasteiger partial charge is 0.387 e. The van der Waals surface area contributed by atoms with E-state index < -0.39 is 12.4 Å². The zero-order valence-corrected chi connectivity index (χ0v) is 14.8. The van der Waals surface area contributed by atoms with Gasteiger partial charge in [0, 0.05) is 25.3 Å². The van der Waals surface area contributed by atoms with Crippen molar-refractivity contribution in [2.24, 2.45) is 9.98 Å². The number of nitrogens with one attached hydrogen (secondary N) is 2. The standard InChI is InChI=1S/C20H18F2N4O2/c21-20(22)28-16-8-6-14(7-9-16)25-13-11-18(27)19(24)17(10-12-23)26-15-4-2-1-3-5-15/h1-9,12-13,20,23-24H,10-11H2. The molecule has 2 aromatic rings. The van der Waals surface area contributed by atoms with E-state index in [9.17, 15) is 13.6 Å². The van der Waals surface area contributed by atoms with Crippen LogP contribution in [0.15, 0.2) is 64.6 Å². The highest BCUT2D eigenvalue weighted by Gasteiger charge is 2.14. The van der Waals surface area contributed by atoms with E-state index in [0.29, 0.717) is 11.4 Å². The Morgan fingerprint density at radius 2 is 1.71 bits per heavy atom. The van der Waals surface area contributed by atoms with Crippen LogP contribution in [0.1, 0.15) is 12.8 Å². The fourth-order valence-electron chi connectivity index (χ4n) is 2.17. The first-order valence-corrected chi connectivity index (χ1v) is 8.30. The lowest BCUT2D eigenvalue weighted by Gasteiger charge is -2.05. The number of benzene rings is 2. The number of halogens is 2. The highest BCUT2D eigenvalue weighted by Crippen LogP contribution is 2.19. The second-order valence-electron chi connectivity index (χ2n) is 5.49. The predicted molar refractivity (Wildman–Crippen MR) is 106 cm³/mol. The highest BCUT2D eigenvalue weighted by atomic mass is 19.3. The fraction of sp³-hybridized carbons (Fsp3) is 0.150. The molecule has 0 aliphatic rings. The summed E-state index contributed by atoms with van der Waals surface area (Å²) in [5, 5.41) is 15.3. The molecule has 0 fully saturated rings. The minimum atomic E-state index is -2.90. The molecule has 8 heteroatoms. The lowest BCUT2D eigenvalue weighted by Crippen LogP contribution is -2.23. The lowest BCUT2D eigenvalue weighted by molar-refractivity contribution is -0.111. The number of para-hydroxylation sites is 1. The third-order valence-electron chi connectivity index (χ3n) is 3.46. The molecule has 2 aromatic carbocycles.